The number of carbonyl (C=O) groups excluding carboxylic acids is 2. The molecule has 2 amide bonds. The highest BCUT2D eigenvalue weighted by Gasteiger charge is 2.47. The van der Waals surface area contributed by atoms with Gasteiger partial charge in [0.25, 0.3) is 24.1 Å². The number of rotatable bonds is 11. The average molecular weight is 588 g/mol. The zero-order valence-electron chi connectivity index (χ0n) is 20.4. The number of aromatic nitrogens is 1. The maximum atomic E-state index is 15.0. The minimum atomic E-state index is -2.73. The molecule has 1 aliphatic heterocycles. The minimum absolute atomic E-state index is 0.00814. The van der Waals surface area contributed by atoms with Gasteiger partial charge in [-0.1, -0.05) is 35.3 Å². The lowest BCUT2D eigenvalue weighted by Crippen LogP contribution is -2.70. The number of hydrogen-bond donors (Lipinski definition) is 2. The summed E-state index contributed by atoms with van der Waals surface area (Å²) in [4.78, 5) is 25.3. The van der Waals surface area contributed by atoms with Gasteiger partial charge >= 0.3 is 0 Å². The van der Waals surface area contributed by atoms with Crippen molar-refractivity contribution in [2.75, 3.05) is 33.5 Å². The van der Waals surface area contributed by atoms with Gasteiger partial charge in [-0.25, -0.2) is 13.2 Å². The van der Waals surface area contributed by atoms with Gasteiger partial charge in [0, 0.05) is 17.1 Å². The molecule has 0 saturated carbocycles. The molecule has 0 atom stereocenters. The number of nitrogens with zero attached hydrogens (tertiary/aromatic N) is 1. The fourth-order valence-corrected chi connectivity index (χ4v) is 4.32. The molecule has 9 nitrogen and oxygen atoms in total. The normalized spacial score (nSPS) is 14.0. The van der Waals surface area contributed by atoms with Gasteiger partial charge in [0.1, 0.15) is 18.2 Å². The van der Waals surface area contributed by atoms with E-state index in [-0.39, 0.29) is 64.7 Å². The Morgan fingerprint density at radius 1 is 1.18 bits per heavy atom. The maximum absolute atomic E-state index is 15.0. The van der Waals surface area contributed by atoms with Gasteiger partial charge in [0.15, 0.2) is 5.54 Å². The smallest absolute Gasteiger partial charge is 0.291 e. The number of amides is 2. The molecule has 2 N–H and O–H groups in total. The van der Waals surface area contributed by atoms with Crippen LogP contribution in [0, 0.1) is 5.82 Å². The molecule has 0 aliphatic carbocycles. The second-order valence-electron chi connectivity index (χ2n) is 8.54. The summed E-state index contributed by atoms with van der Waals surface area (Å²) in [7, 11) is 1.36. The van der Waals surface area contributed by atoms with Gasteiger partial charge in [-0.2, -0.15) is 0 Å². The Labute approximate surface area is 230 Å². The Kier molecular flexibility index (Phi) is 8.88. The first kappa shape index (κ1) is 28.5. The van der Waals surface area contributed by atoms with Crippen LogP contribution in [-0.4, -0.2) is 62.4 Å². The van der Waals surface area contributed by atoms with Gasteiger partial charge < -0.3 is 29.4 Å². The van der Waals surface area contributed by atoms with Gasteiger partial charge in [-0.15, -0.1) is 0 Å². The van der Waals surface area contributed by atoms with Crippen LogP contribution in [0.1, 0.15) is 16.1 Å². The molecule has 14 heteroatoms. The van der Waals surface area contributed by atoms with Crippen molar-refractivity contribution >= 4 is 35.0 Å². The number of benzene rings is 2. The van der Waals surface area contributed by atoms with E-state index in [1.807, 2.05) is 0 Å². The monoisotopic (exact) mass is 587 g/mol. The third-order valence-corrected chi connectivity index (χ3v) is 6.31. The number of halogens is 5. The third kappa shape index (κ3) is 6.57. The highest BCUT2D eigenvalue weighted by molar-refractivity contribution is 6.36. The second kappa shape index (κ2) is 12.1. The van der Waals surface area contributed by atoms with Crippen molar-refractivity contribution in [3.05, 3.63) is 63.6 Å². The van der Waals surface area contributed by atoms with E-state index >= 15 is 0 Å². The Morgan fingerprint density at radius 3 is 2.56 bits per heavy atom. The fourth-order valence-electron chi connectivity index (χ4n) is 3.77. The number of hydrogen-bond acceptors (Lipinski definition) is 7. The van der Waals surface area contributed by atoms with Crippen molar-refractivity contribution in [1.82, 2.24) is 15.8 Å². The predicted molar refractivity (Wildman–Crippen MR) is 134 cm³/mol. The van der Waals surface area contributed by atoms with Crippen molar-refractivity contribution in [1.29, 1.82) is 0 Å². The molecule has 0 radical (unpaired) electrons. The van der Waals surface area contributed by atoms with E-state index in [9.17, 15) is 22.8 Å². The van der Waals surface area contributed by atoms with E-state index in [0.29, 0.717) is 5.56 Å². The van der Waals surface area contributed by atoms with Crippen molar-refractivity contribution in [2.45, 2.75) is 18.4 Å². The minimum Gasteiger partial charge on any atom is -0.485 e. The molecule has 1 aliphatic rings. The first-order valence-electron chi connectivity index (χ1n) is 11.5. The molecule has 3 aromatic rings. The molecule has 2 heterocycles. The van der Waals surface area contributed by atoms with E-state index in [2.05, 4.69) is 15.8 Å². The predicted octanol–water partition coefficient (Wildman–Crippen LogP) is 4.30. The number of methoxy groups -OCH3 is 1. The van der Waals surface area contributed by atoms with Crippen LogP contribution in [0.25, 0.3) is 11.1 Å². The summed E-state index contributed by atoms with van der Waals surface area (Å²) in [5, 5.41) is 9.03. The van der Waals surface area contributed by atoms with Crippen LogP contribution >= 0.6 is 23.2 Å². The molecule has 2 aromatic carbocycles. The standard InChI is InChI=1S/C25H22Cl2F3N3O6/c1-36-21-9-19(39-33-21)23(34)32-25(11-37-12-25)24(35)31-5-4-13-2-3-14(6-18(13)28)16-7-15(26)8-17(27)22(16)38-10-20(29)30/h2-3,6-9,20H,4-5,10-12H2,1H3,(H,31,35)(H,32,34). The SMILES string of the molecule is COc1cc(C(=O)NC2(C(=O)NCCc3ccc(-c4cc(Cl)cc(Cl)c4OCC(F)F)cc3F)COC2)on1. The quantitative estimate of drug-likeness (QED) is 0.344. The van der Waals surface area contributed by atoms with Crippen molar-refractivity contribution in [2.24, 2.45) is 0 Å². The van der Waals surface area contributed by atoms with Crippen LogP contribution in [0.15, 0.2) is 40.9 Å². The highest BCUT2D eigenvalue weighted by atomic mass is 35.5. The number of nitrogens with one attached hydrogen (secondary N) is 2. The topological polar surface area (TPSA) is 112 Å². The highest BCUT2D eigenvalue weighted by Crippen LogP contribution is 2.39. The van der Waals surface area contributed by atoms with Crippen LogP contribution in [0.3, 0.4) is 0 Å². The molecule has 0 unspecified atom stereocenters. The van der Waals surface area contributed by atoms with Crippen molar-refractivity contribution < 1.29 is 41.5 Å². The number of carbonyl (C=O) groups is 2. The van der Waals surface area contributed by atoms with E-state index in [0.717, 1.165) is 0 Å². The van der Waals surface area contributed by atoms with Crippen LogP contribution in [0.5, 0.6) is 11.6 Å². The zero-order valence-corrected chi connectivity index (χ0v) is 21.9. The molecular formula is C25H22Cl2F3N3O6. The Morgan fingerprint density at radius 2 is 1.95 bits per heavy atom. The summed E-state index contributed by atoms with van der Waals surface area (Å²) in [6.45, 7) is -0.961. The molecule has 0 bridgehead atoms. The van der Waals surface area contributed by atoms with Crippen molar-refractivity contribution in [3.8, 4) is 22.8 Å². The Bertz CT molecular complexity index is 1370. The molecular weight excluding hydrogens is 566 g/mol. The van der Waals surface area contributed by atoms with Gasteiger partial charge in [-0.3, -0.25) is 9.59 Å². The average Bonchev–Trinajstić information content (AvgIpc) is 3.35. The molecule has 1 aromatic heterocycles. The lowest BCUT2D eigenvalue weighted by Gasteiger charge is -2.39. The van der Waals surface area contributed by atoms with Crippen LogP contribution in [-0.2, 0) is 16.0 Å². The number of ether oxygens (including phenoxy) is 3. The molecule has 39 heavy (non-hydrogen) atoms. The van der Waals surface area contributed by atoms with Gasteiger partial charge in [0.05, 0.1) is 31.4 Å². The van der Waals surface area contributed by atoms with Gasteiger partial charge in [-0.05, 0) is 40.9 Å². The summed E-state index contributed by atoms with van der Waals surface area (Å²) < 4.78 is 60.4. The summed E-state index contributed by atoms with van der Waals surface area (Å²) >= 11 is 12.2. The third-order valence-electron chi connectivity index (χ3n) is 5.81. The van der Waals surface area contributed by atoms with Gasteiger partial charge in [0.2, 0.25) is 5.76 Å². The summed E-state index contributed by atoms with van der Waals surface area (Å²) in [6.07, 6.45) is -2.61. The lowest BCUT2D eigenvalue weighted by atomic mass is 9.95. The van der Waals surface area contributed by atoms with Crippen LogP contribution in [0.4, 0.5) is 13.2 Å². The Hall–Kier alpha value is -3.48. The zero-order chi connectivity index (χ0) is 28.2. The molecule has 208 valence electrons. The summed E-state index contributed by atoms with van der Waals surface area (Å²) in [5.74, 6) is -1.88. The second-order valence-corrected chi connectivity index (χ2v) is 9.38. The molecule has 4 rings (SSSR count). The van der Waals surface area contributed by atoms with Crippen LogP contribution in [0.2, 0.25) is 10.0 Å². The lowest BCUT2D eigenvalue weighted by molar-refractivity contribution is -0.146. The molecule has 0 spiro atoms. The fraction of sp³-hybridized carbons (Fsp3) is 0.320. The van der Waals surface area contributed by atoms with Crippen molar-refractivity contribution in [3.63, 3.8) is 0 Å². The summed E-state index contributed by atoms with van der Waals surface area (Å²) in [6, 6.07) is 8.30. The first-order valence-corrected chi connectivity index (χ1v) is 12.3. The largest absolute Gasteiger partial charge is 0.485 e. The van der Waals surface area contributed by atoms with E-state index in [1.165, 1.54) is 37.4 Å². The van der Waals surface area contributed by atoms with E-state index in [1.54, 1.807) is 6.07 Å². The van der Waals surface area contributed by atoms with Crippen LogP contribution < -0.4 is 20.1 Å². The summed E-state index contributed by atoms with van der Waals surface area (Å²) in [5.41, 5.74) is -0.482. The number of alkyl halides is 2. The van der Waals surface area contributed by atoms with E-state index < -0.39 is 36.2 Å². The van der Waals surface area contributed by atoms with E-state index in [4.69, 9.17) is 41.9 Å². The molecule has 1 fully saturated rings. The molecule has 1 saturated heterocycles. The first-order chi connectivity index (χ1) is 18.6. The Balaban J connectivity index is 1.40. The maximum Gasteiger partial charge on any atom is 0.291 e.